The fourth-order valence-electron chi connectivity index (χ4n) is 2.10. The minimum Gasteiger partial charge on any atom is -0.506 e. The number of phenolic OH excluding ortho intramolecular Hbond substituents is 1. The summed E-state index contributed by atoms with van der Waals surface area (Å²) >= 11 is 11.8. The maximum Gasteiger partial charge on any atom is 0.341 e. The molecule has 2 N–H and O–H groups in total. The van der Waals surface area contributed by atoms with Crippen LogP contribution in [0.25, 0.3) is 0 Å². The molecule has 0 fully saturated rings. The van der Waals surface area contributed by atoms with Crippen molar-refractivity contribution in [2.75, 3.05) is 12.4 Å². The van der Waals surface area contributed by atoms with E-state index in [4.69, 9.17) is 27.9 Å². The number of rotatable bonds is 5. The van der Waals surface area contributed by atoms with Gasteiger partial charge in [0.1, 0.15) is 17.1 Å². The Hall–Kier alpha value is -2.44. The Labute approximate surface area is 154 Å². The lowest BCUT2D eigenvalue weighted by molar-refractivity contribution is -0.131. The van der Waals surface area contributed by atoms with E-state index in [0.29, 0.717) is 16.3 Å². The number of nitrogens with one attached hydrogen (secondary N) is 1. The van der Waals surface area contributed by atoms with E-state index in [1.165, 1.54) is 32.2 Å². The highest BCUT2D eigenvalue weighted by Gasteiger charge is 2.16. The van der Waals surface area contributed by atoms with Gasteiger partial charge < -0.3 is 19.9 Å². The van der Waals surface area contributed by atoms with E-state index in [9.17, 15) is 14.7 Å². The lowest BCUT2D eigenvalue weighted by Crippen LogP contribution is -2.10. The number of esters is 2. The van der Waals surface area contributed by atoms with Gasteiger partial charge in [-0.25, -0.2) is 4.79 Å². The maximum atomic E-state index is 11.7. The summed E-state index contributed by atoms with van der Waals surface area (Å²) in [5.74, 6) is -1.20. The molecule has 0 amide bonds. The third-order valence-electron chi connectivity index (χ3n) is 3.23. The smallest absolute Gasteiger partial charge is 0.341 e. The molecule has 25 heavy (non-hydrogen) atoms. The summed E-state index contributed by atoms with van der Waals surface area (Å²) in [6.45, 7) is 1.44. The summed E-state index contributed by atoms with van der Waals surface area (Å²) in [6, 6.07) is 7.58. The molecule has 0 unspecified atom stereocenters. The van der Waals surface area contributed by atoms with Crippen LogP contribution in [-0.2, 0) is 16.1 Å². The Morgan fingerprint density at radius 3 is 2.56 bits per heavy atom. The van der Waals surface area contributed by atoms with Gasteiger partial charge in [0.25, 0.3) is 0 Å². The van der Waals surface area contributed by atoms with Crippen molar-refractivity contribution in [1.82, 2.24) is 0 Å². The van der Waals surface area contributed by atoms with Crippen LogP contribution in [0.4, 0.5) is 5.69 Å². The molecule has 0 aliphatic heterocycles. The molecular weight excluding hydrogens is 369 g/mol. The van der Waals surface area contributed by atoms with Crippen molar-refractivity contribution in [2.45, 2.75) is 13.5 Å². The van der Waals surface area contributed by atoms with E-state index in [1.54, 1.807) is 12.1 Å². The first-order valence-corrected chi connectivity index (χ1v) is 7.89. The summed E-state index contributed by atoms with van der Waals surface area (Å²) in [5.41, 5.74) is 1.17. The molecule has 0 radical (unpaired) electrons. The number of benzene rings is 2. The van der Waals surface area contributed by atoms with Crippen molar-refractivity contribution in [3.05, 3.63) is 51.5 Å². The van der Waals surface area contributed by atoms with Crippen molar-refractivity contribution >= 4 is 40.8 Å². The Morgan fingerprint density at radius 2 is 1.92 bits per heavy atom. The third kappa shape index (κ3) is 4.78. The predicted octanol–water partition coefficient (Wildman–Crippen LogP) is 4.02. The molecule has 2 aromatic carbocycles. The monoisotopic (exact) mass is 383 g/mol. The van der Waals surface area contributed by atoms with Crippen LogP contribution in [0.15, 0.2) is 30.3 Å². The Bertz CT molecular complexity index is 823. The molecule has 132 valence electrons. The highest BCUT2D eigenvalue weighted by molar-refractivity contribution is 6.35. The number of hydrogen-bond donors (Lipinski definition) is 2. The van der Waals surface area contributed by atoms with Crippen LogP contribution in [-0.4, -0.2) is 24.2 Å². The quantitative estimate of drug-likeness (QED) is 0.598. The molecule has 0 bridgehead atoms. The van der Waals surface area contributed by atoms with Crippen LogP contribution in [0.2, 0.25) is 10.0 Å². The Kier molecular flexibility index (Phi) is 6.12. The van der Waals surface area contributed by atoms with E-state index in [0.717, 1.165) is 0 Å². The van der Waals surface area contributed by atoms with Gasteiger partial charge in [0.2, 0.25) is 0 Å². The zero-order valence-electron chi connectivity index (χ0n) is 13.4. The molecule has 0 saturated carbocycles. The fourth-order valence-corrected chi connectivity index (χ4v) is 2.64. The summed E-state index contributed by atoms with van der Waals surface area (Å²) in [4.78, 5) is 23.0. The Morgan fingerprint density at radius 1 is 1.20 bits per heavy atom. The zero-order chi connectivity index (χ0) is 18.6. The molecule has 0 atom stereocenters. The number of hydrogen-bond acceptors (Lipinski definition) is 6. The standard InChI is InChI=1S/C17H15Cl2NO5/c1-9(21)25-15-7-12(3-4-13(15)17(23)24-2)20-8-10-5-11(18)6-14(19)16(10)22/h3-7,20,22H,8H2,1-2H3. The number of phenols is 1. The molecule has 2 rings (SSSR count). The van der Waals surface area contributed by atoms with E-state index in [-0.39, 0.29) is 28.6 Å². The van der Waals surface area contributed by atoms with Crippen molar-refractivity contribution < 1.29 is 24.2 Å². The van der Waals surface area contributed by atoms with Gasteiger partial charge in [-0.05, 0) is 24.3 Å². The first-order valence-electron chi connectivity index (χ1n) is 7.13. The lowest BCUT2D eigenvalue weighted by Gasteiger charge is -2.13. The second-order valence-corrected chi connectivity index (χ2v) is 5.89. The SMILES string of the molecule is COC(=O)c1ccc(NCc2cc(Cl)cc(Cl)c2O)cc1OC(C)=O. The van der Waals surface area contributed by atoms with Crippen LogP contribution in [0, 0.1) is 0 Å². The first-order chi connectivity index (χ1) is 11.8. The van der Waals surface area contributed by atoms with Crippen molar-refractivity contribution in [3.63, 3.8) is 0 Å². The largest absolute Gasteiger partial charge is 0.506 e. The van der Waals surface area contributed by atoms with Gasteiger partial charge in [0.05, 0.1) is 12.1 Å². The summed E-state index contributed by atoms with van der Waals surface area (Å²) in [5, 5.41) is 13.5. The average Bonchev–Trinajstić information content (AvgIpc) is 2.55. The summed E-state index contributed by atoms with van der Waals surface area (Å²) in [6.07, 6.45) is 0. The van der Waals surface area contributed by atoms with Crippen molar-refractivity contribution in [3.8, 4) is 11.5 Å². The molecule has 0 aliphatic rings. The molecular formula is C17H15Cl2NO5. The van der Waals surface area contributed by atoms with Crippen LogP contribution in [0.3, 0.4) is 0 Å². The molecule has 0 aromatic heterocycles. The number of carbonyl (C=O) groups is 2. The number of methoxy groups -OCH3 is 1. The molecule has 2 aromatic rings. The number of ether oxygens (including phenoxy) is 2. The maximum absolute atomic E-state index is 11.7. The zero-order valence-corrected chi connectivity index (χ0v) is 14.9. The number of anilines is 1. The molecule has 0 saturated heterocycles. The van der Waals surface area contributed by atoms with Gasteiger partial charge in [0, 0.05) is 35.8 Å². The van der Waals surface area contributed by atoms with Crippen molar-refractivity contribution in [2.24, 2.45) is 0 Å². The van der Waals surface area contributed by atoms with Crippen molar-refractivity contribution in [1.29, 1.82) is 0 Å². The highest BCUT2D eigenvalue weighted by Crippen LogP contribution is 2.32. The predicted molar refractivity (Wildman–Crippen MR) is 94.5 cm³/mol. The second-order valence-electron chi connectivity index (χ2n) is 5.05. The average molecular weight is 384 g/mol. The topological polar surface area (TPSA) is 84.9 Å². The Balaban J connectivity index is 2.25. The third-order valence-corrected chi connectivity index (χ3v) is 3.74. The summed E-state index contributed by atoms with van der Waals surface area (Å²) < 4.78 is 9.71. The fraction of sp³-hybridized carbons (Fsp3) is 0.176. The number of carbonyl (C=O) groups excluding carboxylic acids is 2. The number of halogens is 2. The van der Waals surface area contributed by atoms with Crippen LogP contribution < -0.4 is 10.1 Å². The van der Waals surface area contributed by atoms with E-state index in [1.807, 2.05) is 0 Å². The summed E-state index contributed by atoms with van der Waals surface area (Å²) in [7, 11) is 1.23. The normalized spacial score (nSPS) is 10.2. The van der Waals surface area contributed by atoms with Gasteiger partial charge in [0.15, 0.2) is 0 Å². The highest BCUT2D eigenvalue weighted by atomic mass is 35.5. The molecule has 8 heteroatoms. The van der Waals surface area contributed by atoms with Gasteiger partial charge in [-0.3, -0.25) is 4.79 Å². The second kappa shape index (κ2) is 8.09. The van der Waals surface area contributed by atoms with Gasteiger partial charge in [-0.1, -0.05) is 23.2 Å². The molecule has 6 nitrogen and oxygen atoms in total. The minimum absolute atomic E-state index is 0.0673. The van der Waals surface area contributed by atoms with Crippen LogP contribution >= 0.6 is 23.2 Å². The van der Waals surface area contributed by atoms with E-state index < -0.39 is 11.9 Å². The number of aromatic hydroxyl groups is 1. The van der Waals surface area contributed by atoms with Gasteiger partial charge in [-0.2, -0.15) is 0 Å². The van der Waals surface area contributed by atoms with Crippen LogP contribution in [0.5, 0.6) is 11.5 Å². The first kappa shape index (κ1) is 18.9. The van der Waals surface area contributed by atoms with Crippen LogP contribution in [0.1, 0.15) is 22.8 Å². The van der Waals surface area contributed by atoms with Gasteiger partial charge in [-0.15, -0.1) is 0 Å². The van der Waals surface area contributed by atoms with E-state index >= 15 is 0 Å². The molecule has 0 spiro atoms. The lowest BCUT2D eigenvalue weighted by atomic mass is 10.1. The van der Waals surface area contributed by atoms with Gasteiger partial charge >= 0.3 is 11.9 Å². The molecule has 0 aliphatic carbocycles. The van der Waals surface area contributed by atoms with E-state index in [2.05, 4.69) is 10.1 Å². The molecule has 0 heterocycles. The minimum atomic E-state index is -0.623.